The zero-order chi connectivity index (χ0) is 32.3. The number of non-ortho nitro benzene ring substituents is 1. The number of carbonyl (C=O) groups is 1. The lowest BCUT2D eigenvalue weighted by Crippen LogP contribution is -2.39. The van der Waals surface area contributed by atoms with Crippen LogP contribution < -0.4 is 4.72 Å². The number of nitrogens with zero attached hydrogens (tertiary/aromatic N) is 2. The smallest absolute Gasteiger partial charge is 0.378 e. The summed E-state index contributed by atoms with van der Waals surface area (Å²) < 4.78 is 118. The maximum absolute atomic E-state index is 14.2. The second kappa shape index (κ2) is 12.9. The van der Waals surface area contributed by atoms with E-state index in [1.807, 2.05) is 0 Å². The van der Waals surface area contributed by atoms with Crippen molar-refractivity contribution in [2.75, 3.05) is 31.0 Å². The first-order valence-corrected chi connectivity index (χ1v) is 14.8. The first-order chi connectivity index (χ1) is 20.6. The van der Waals surface area contributed by atoms with Crippen molar-refractivity contribution in [1.29, 1.82) is 0 Å². The summed E-state index contributed by atoms with van der Waals surface area (Å²) in [5.41, 5.74) is -5.28. The van der Waals surface area contributed by atoms with E-state index in [2.05, 4.69) is 4.72 Å². The Labute approximate surface area is 250 Å². The standard InChI is InChI=1S/C27H21F6N3O6S2/c28-26(29,30)24-17(5-11-23(37)35-12-14-42-15-13-35)4-10-22(25(24)27(31,32)33)43-20-3-1-2-18(16-20)34-44(40,41)21-8-6-19(7-9-21)36(38)39/h1-11,16,34H,12-15H2. The molecule has 1 N–H and O–H groups in total. The second-order valence-electron chi connectivity index (χ2n) is 9.16. The molecule has 44 heavy (non-hydrogen) atoms. The third kappa shape index (κ3) is 7.89. The van der Waals surface area contributed by atoms with Gasteiger partial charge in [-0.2, -0.15) is 26.3 Å². The maximum atomic E-state index is 14.2. The molecule has 1 fully saturated rings. The lowest BCUT2D eigenvalue weighted by atomic mass is 9.99. The van der Waals surface area contributed by atoms with Crippen molar-refractivity contribution in [3.63, 3.8) is 0 Å². The molecule has 17 heteroatoms. The number of alkyl halides is 6. The minimum absolute atomic E-state index is 0.0293. The van der Waals surface area contributed by atoms with E-state index in [-0.39, 0.29) is 47.5 Å². The highest BCUT2D eigenvalue weighted by Crippen LogP contribution is 2.48. The molecule has 0 unspecified atom stereocenters. The number of morpholine rings is 1. The Morgan fingerprint density at radius 3 is 2.18 bits per heavy atom. The summed E-state index contributed by atoms with van der Waals surface area (Å²) in [5, 5.41) is 10.8. The van der Waals surface area contributed by atoms with Crippen LogP contribution in [0.2, 0.25) is 0 Å². The van der Waals surface area contributed by atoms with Crippen molar-refractivity contribution in [2.45, 2.75) is 27.0 Å². The van der Waals surface area contributed by atoms with Crippen molar-refractivity contribution in [2.24, 2.45) is 0 Å². The van der Waals surface area contributed by atoms with Crippen LogP contribution in [0.4, 0.5) is 37.7 Å². The Hall–Kier alpha value is -4.09. The fourth-order valence-corrected chi connectivity index (χ4v) is 6.26. The van der Waals surface area contributed by atoms with Crippen molar-refractivity contribution in [1.82, 2.24) is 4.90 Å². The molecular formula is C27H21F6N3O6S2. The van der Waals surface area contributed by atoms with E-state index in [0.717, 1.165) is 48.5 Å². The highest BCUT2D eigenvalue weighted by atomic mass is 32.2. The molecule has 9 nitrogen and oxygen atoms in total. The van der Waals surface area contributed by atoms with E-state index in [9.17, 15) is 49.7 Å². The van der Waals surface area contributed by atoms with Gasteiger partial charge in [-0.1, -0.05) is 23.9 Å². The summed E-state index contributed by atoms with van der Waals surface area (Å²) in [4.78, 5) is 22.6. The van der Waals surface area contributed by atoms with Crippen LogP contribution in [-0.2, 0) is 31.9 Å². The van der Waals surface area contributed by atoms with Crippen LogP contribution in [0.25, 0.3) is 6.08 Å². The Balaban J connectivity index is 1.66. The number of ether oxygens (including phenoxy) is 1. The van der Waals surface area contributed by atoms with E-state index in [4.69, 9.17) is 4.74 Å². The number of amides is 1. The van der Waals surface area contributed by atoms with Crippen LogP contribution in [0.1, 0.15) is 16.7 Å². The van der Waals surface area contributed by atoms with Gasteiger partial charge in [-0.05, 0) is 48.0 Å². The first-order valence-electron chi connectivity index (χ1n) is 12.5. The molecule has 234 valence electrons. The highest BCUT2D eigenvalue weighted by Gasteiger charge is 2.46. The molecule has 1 aliphatic rings. The maximum Gasteiger partial charge on any atom is 0.418 e. The summed E-state index contributed by atoms with van der Waals surface area (Å²) in [6.07, 6.45) is -9.44. The Morgan fingerprint density at radius 1 is 0.955 bits per heavy atom. The number of rotatable bonds is 8. The number of hydrogen-bond acceptors (Lipinski definition) is 7. The molecule has 0 aromatic heterocycles. The van der Waals surface area contributed by atoms with E-state index < -0.39 is 54.8 Å². The fraction of sp³-hybridized carbons (Fsp3) is 0.222. The largest absolute Gasteiger partial charge is 0.418 e. The van der Waals surface area contributed by atoms with Crippen molar-refractivity contribution in [3.05, 3.63) is 93.5 Å². The highest BCUT2D eigenvalue weighted by molar-refractivity contribution is 7.99. The van der Waals surface area contributed by atoms with Crippen LogP contribution in [0.15, 0.2) is 81.4 Å². The van der Waals surface area contributed by atoms with Gasteiger partial charge in [-0.25, -0.2) is 8.42 Å². The second-order valence-corrected chi connectivity index (χ2v) is 12.0. The van der Waals surface area contributed by atoms with Crippen LogP contribution in [0.3, 0.4) is 0 Å². The SMILES string of the molecule is O=C(C=Cc1ccc(Sc2cccc(NS(=O)(=O)c3ccc([N+](=O)[O-])cc3)c2)c(C(F)(F)F)c1C(F)(F)F)N1CCOCC1. The predicted octanol–water partition coefficient (Wildman–Crippen LogP) is 6.46. The number of hydrogen-bond donors (Lipinski definition) is 1. The molecule has 0 atom stereocenters. The summed E-state index contributed by atoms with van der Waals surface area (Å²) in [7, 11) is -4.29. The monoisotopic (exact) mass is 661 g/mol. The molecule has 0 spiro atoms. The van der Waals surface area contributed by atoms with Gasteiger partial charge in [-0.3, -0.25) is 19.6 Å². The fourth-order valence-electron chi connectivity index (χ4n) is 4.17. The Bertz CT molecular complexity index is 1690. The number of halogens is 6. The van der Waals surface area contributed by atoms with Crippen molar-refractivity contribution in [3.8, 4) is 0 Å². The normalized spacial score (nSPS) is 14.5. The average molecular weight is 662 g/mol. The zero-order valence-electron chi connectivity index (χ0n) is 22.2. The number of carbonyl (C=O) groups excluding carboxylic acids is 1. The van der Waals surface area contributed by atoms with Gasteiger partial charge >= 0.3 is 12.4 Å². The Kier molecular flexibility index (Phi) is 9.60. The number of anilines is 1. The van der Waals surface area contributed by atoms with E-state index >= 15 is 0 Å². The van der Waals surface area contributed by atoms with Crippen LogP contribution in [0, 0.1) is 10.1 Å². The number of benzene rings is 3. The molecule has 1 amide bonds. The lowest BCUT2D eigenvalue weighted by molar-refractivity contribution is -0.384. The topological polar surface area (TPSA) is 119 Å². The van der Waals surface area contributed by atoms with Crippen molar-refractivity contribution >= 4 is 45.1 Å². The molecule has 4 rings (SSSR count). The summed E-state index contributed by atoms with van der Waals surface area (Å²) in [6, 6.07) is 10.5. The summed E-state index contributed by atoms with van der Waals surface area (Å²) in [6.45, 7) is 0.804. The quantitative estimate of drug-likeness (QED) is 0.128. The van der Waals surface area contributed by atoms with Crippen molar-refractivity contribution < 1.29 is 49.2 Å². The molecule has 1 heterocycles. The molecule has 0 bridgehead atoms. The van der Waals surface area contributed by atoms with Gasteiger partial charge in [0.15, 0.2) is 0 Å². The minimum atomic E-state index is -5.46. The van der Waals surface area contributed by atoms with Crippen LogP contribution in [-0.4, -0.2) is 50.5 Å². The van der Waals surface area contributed by atoms with Gasteiger partial charge < -0.3 is 9.64 Å². The van der Waals surface area contributed by atoms with Gasteiger partial charge in [-0.15, -0.1) is 0 Å². The van der Waals surface area contributed by atoms with Gasteiger partial charge in [0.1, 0.15) is 0 Å². The minimum Gasteiger partial charge on any atom is -0.378 e. The predicted molar refractivity (Wildman–Crippen MR) is 147 cm³/mol. The average Bonchev–Trinajstić information content (AvgIpc) is 2.95. The summed E-state index contributed by atoms with van der Waals surface area (Å²) >= 11 is 0.325. The van der Waals surface area contributed by atoms with Gasteiger partial charge in [0, 0.05) is 46.8 Å². The number of nitro groups is 1. The molecule has 1 aliphatic heterocycles. The van der Waals surface area contributed by atoms with Gasteiger partial charge in [0.05, 0.1) is 34.2 Å². The summed E-state index contributed by atoms with van der Waals surface area (Å²) in [5.74, 6) is -0.679. The molecular weight excluding hydrogens is 640 g/mol. The molecule has 0 radical (unpaired) electrons. The first kappa shape index (κ1) is 32.8. The third-order valence-corrected chi connectivity index (χ3v) is 8.61. The number of nitro benzene ring substituents is 1. The van der Waals surface area contributed by atoms with Crippen LogP contribution in [0.5, 0.6) is 0 Å². The molecule has 3 aromatic carbocycles. The van der Waals surface area contributed by atoms with Gasteiger partial charge in [0.25, 0.3) is 15.7 Å². The number of nitrogens with one attached hydrogen (secondary N) is 1. The molecule has 0 saturated carbocycles. The number of sulfonamides is 1. The molecule has 1 saturated heterocycles. The lowest BCUT2D eigenvalue weighted by Gasteiger charge is -2.25. The van der Waals surface area contributed by atoms with Crippen LogP contribution >= 0.6 is 11.8 Å². The molecule has 3 aromatic rings. The van der Waals surface area contributed by atoms with Gasteiger partial charge in [0.2, 0.25) is 5.91 Å². The Morgan fingerprint density at radius 2 is 1.59 bits per heavy atom. The third-order valence-electron chi connectivity index (χ3n) is 6.17. The zero-order valence-corrected chi connectivity index (χ0v) is 23.8. The van der Waals surface area contributed by atoms with E-state index in [1.165, 1.54) is 23.1 Å². The van der Waals surface area contributed by atoms with E-state index in [0.29, 0.717) is 17.8 Å². The van der Waals surface area contributed by atoms with E-state index in [1.54, 1.807) is 0 Å². The molecule has 0 aliphatic carbocycles.